The molecular weight excluding hydrogens is 168 g/mol. The van der Waals surface area contributed by atoms with E-state index in [1.165, 1.54) is 0 Å². The Morgan fingerprint density at radius 2 is 2.50 bits per heavy atom. The molecular formula is C9H10N2S. The molecule has 0 aliphatic carbocycles. The number of rotatable bonds is 3. The van der Waals surface area contributed by atoms with Crippen molar-refractivity contribution in [2.75, 3.05) is 0 Å². The van der Waals surface area contributed by atoms with E-state index in [0.717, 1.165) is 5.03 Å². The molecule has 1 aromatic rings. The van der Waals surface area contributed by atoms with Gasteiger partial charge in [-0.15, -0.1) is 11.8 Å². The van der Waals surface area contributed by atoms with Crippen molar-refractivity contribution >= 4 is 11.8 Å². The predicted molar refractivity (Wildman–Crippen MR) is 49.8 cm³/mol. The Labute approximate surface area is 76.6 Å². The summed E-state index contributed by atoms with van der Waals surface area (Å²) >= 11 is 1.63. The molecule has 1 unspecified atom stereocenters. The third kappa shape index (κ3) is 2.93. The Balaban J connectivity index is 2.48. The summed E-state index contributed by atoms with van der Waals surface area (Å²) in [6.45, 7) is 2.03. The summed E-state index contributed by atoms with van der Waals surface area (Å²) in [6, 6.07) is 7.94. The second-order valence-electron chi connectivity index (χ2n) is 2.46. The third-order valence-corrected chi connectivity index (χ3v) is 2.39. The molecule has 1 aromatic heterocycles. The lowest BCUT2D eigenvalue weighted by Crippen LogP contribution is -1.93. The van der Waals surface area contributed by atoms with Crippen LogP contribution < -0.4 is 0 Å². The molecule has 3 heteroatoms. The van der Waals surface area contributed by atoms with Gasteiger partial charge in [0.1, 0.15) is 0 Å². The number of nitriles is 1. The van der Waals surface area contributed by atoms with E-state index in [-0.39, 0.29) is 0 Å². The summed E-state index contributed by atoms with van der Waals surface area (Å²) in [4.78, 5) is 4.15. The lowest BCUT2D eigenvalue weighted by molar-refractivity contribution is 0.979. The van der Waals surface area contributed by atoms with Crippen LogP contribution in [0, 0.1) is 11.3 Å². The van der Waals surface area contributed by atoms with Gasteiger partial charge in [0.15, 0.2) is 0 Å². The molecule has 0 aliphatic heterocycles. The van der Waals surface area contributed by atoms with Crippen LogP contribution in [0.5, 0.6) is 0 Å². The van der Waals surface area contributed by atoms with E-state index >= 15 is 0 Å². The highest BCUT2D eigenvalue weighted by Crippen LogP contribution is 2.21. The van der Waals surface area contributed by atoms with E-state index in [1.807, 2.05) is 25.1 Å². The first-order chi connectivity index (χ1) is 5.83. The van der Waals surface area contributed by atoms with Gasteiger partial charge in [0.05, 0.1) is 11.1 Å². The fraction of sp³-hybridized carbons (Fsp3) is 0.333. The minimum absolute atomic E-state index is 0.324. The molecule has 0 radical (unpaired) electrons. The van der Waals surface area contributed by atoms with Crippen molar-refractivity contribution in [2.45, 2.75) is 23.6 Å². The van der Waals surface area contributed by atoms with Crippen LogP contribution in [-0.4, -0.2) is 10.2 Å². The van der Waals surface area contributed by atoms with Gasteiger partial charge in [0, 0.05) is 17.9 Å². The van der Waals surface area contributed by atoms with Crippen LogP contribution in [0.15, 0.2) is 29.4 Å². The van der Waals surface area contributed by atoms with Gasteiger partial charge in [-0.3, -0.25) is 0 Å². The molecule has 1 heterocycles. The molecule has 12 heavy (non-hydrogen) atoms. The van der Waals surface area contributed by atoms with Gasteiger partial charge in [-0.25, -0.2) is 4.98 Å². The van der Waals surface area contributed by atoms with E-state index < -0.39 is 0 Å². The first kappa shape index (κ1) is 9.08. The average molecular weight is 178 g/mol. The SMILES string of the molecule is CC(CC#N)Sc1ccccn1. The molecule has 0 saturated heterocycles. The van der Waals surface area contributed by atoms with Gasteiger partial charge in [-0.1, -0.05) is 13.0 Å². The highest BCUT2D eigenvalue weighted by molar-refractivity contribution is 7.99. The maximum absolute atomic E-state index is 8.43. The summed E-state index contributed by atoms with van der Waals surface area (Å²) < 4.78 is 0. The summed E-state index contributed by atoms with van der Waals surface area (Å²) in [6.07, 6.45) is 2.34. The third-order valence-electron chi connectivity index (χ3n) is 1.34. The Hall–Kier alpha value is -1.01. The van der Waals surface area contributed by atoms with Crippen LogP contribution in [0.3, 0.4) is 0 Å². The minimum Gasteiger partial charge on any atom is -0.250 e. The Kier molecular flexibility index (Phi) is 3.62. The van der Waals surface area contributed by atoms with Crippen LogP contribution in [0.25, 0.3) is 0 Å². The first-order valence-electron chi connectivity index (χ1n) is 3.77. The van der Waals surface area contributed by atoms with Crippen LogP contribution in [0.2, 0.25) is 0 Å². The van der Waals surface area contributed by atoms with E-state index in [0.29, 0.717) is 11.7 Å². The van der Waals surface area contributed by atoms with E-state index in [9.17, 15) is 0 Å². The van der Waals surface area contributed by atoms with Crippen molar-refractivity contribution < 1.29 is 0 Å². The molecule has 0 fully saturated rings. The van der Waals surface area contributed by atoms with Gasteiger partial charge in [-0.2, -0.15) is 5.26 Å². The molecule has 1 rings (SSSR count). The van der Waals surface area contributed by atoms with Gasteiger partial charge in [0.2, 0.25) is 0 Å². The number of hydrogen-bond acceptors (Lipinski definition) is 3. The first-order valence-corrected chi connectivity index (χ1v) is 4.65. The van der Waals surface area contributed by atoms with Gasteiger partial charge >= 0.3 is 0 Å². The Morgan fingerprint density at radius 1 is 1.67 bits per heavy atom. The van der Waals surface area contributed by atoms with Crippen molar-refractivity contribution in [3.8, 4) is 6.07 Å². The quantitative estimate of drug-likeness (QED) is 0.667. The number of thioether (sulfide) groups is 1. The summed E-state index contributed by atoms with van der Waals surface area (Å²) in [7, 11) is 0. The number of aromatic nitrogens is 1. The molecule has 1 atom stereocenters. The van der Waals surface area contributed by atoms with E-state index in [4.69, 9.17) is 5.26 Å². The lowest BCUT2D eigenvalue weighted by Gasteiger charge is -2.04. The number of hydrogen-bond donors (Lipinski definition) is 0. The summed E-state index contributed by atoms with van der Waals surface area (Å²) in [5.41, 5.74) is 0. The predicted octanol–water partition coefficient (Wildman–Crippen LogP) is 2.48. The molecule has 0 aliphatic rings. The summed E-state index contributed by atoms with van der Waals surface area (Å²) in [5, 5.41) is 9.74. The molecule has 0 spiro atoms. The molecule has 0 aromatic carbocycles. The molecule has 0 bridgehead atoms. The van der Waals surface area contributed by atoms with Gasteiger partial charge in [-0.05, 0) is 12.1 Å². The highest BCUT2D eigenvalue weighted by Gasteiger charge is 2.03. The zero-order valence-electron chi connectivity index (χ0n) is 6.90. The monoisotopic (exact) mass is 178 g/mol. The van der Waals surface area contributed by atoms with Crippen molar-refractivity contribution in [3.63, 3.8) is 0 Å². The largest absolute Gasteiger partial charge is 0.250 e. The second kappa shape index (κ2) is 4.78. The molecule has 2 nitrogen and oxygen atoms in total. The van der Waals surface area contributed by atoms with Crippen LogP contribution in [-0.2, 0) is 0 Å². The maximum atomic E-state index is 8.43. The topological polar surface area (TPSA) is 36.7 Å². The minimum atomic E-state index is 0.324. The van der Waals surface area contributed by atoms with E-state index in [1.54, 1.807) is 18.0 Å². The maximum Gasteiger partial charge on any atom is 0.0962 e. The molecule has 0 amide bonds. The normalized spacial score (nSPS) is 12.0. The average Bonchev–Trinajstić information content (AvgIpc) is 2.06. The molecule has 0 N–H and O–H groups in total. The van der Waals surface area contributed by atoms with Crippen molar-refractivity contribution in [1.82, 2.24) is 4.98 Å². The standard InChI is InChI=1S/C9H10N2S/c1-8(5-6-10)12-9-4-2-3-7-11-9/h2-4,7-8H,5H2,1H3. The highest BCUT2D eigenvalue weighted by atomic mass is 32.2. The van der Waals surface area contributed by atoms with Crippen molar-refractivity contribution in [3.05, 3.63) is 24.4 Å². The van der Waals surface area contributed by atoms with Crippen LogP contribution in [0.4, 0.5) is 0 Å². The lowest BCUT2D eigenvalue weighted by atomic mass is 10.4. The van der Waals surface area contributed by atoms with Crippen molar-refractivity contribution in [2.24, 2.45) is 0 Å². The van der Waals surface area contributed by atoms with Gasteiger partial charge < -0.3 is 0 Å². The van der Waals surface area contributed by atoms with E-state index in [2.05, 4.69) is 11.1 Å². The fourth-order valence-corrected chi connectivity index (χ4v) is 1.64. The molecule has 0 saturated carbocycles. The molecule has 62 valence electrons. The smallest absolute Gasteiger partial charge is 0.0962 e. The fourth-order valence-electron chi connectivity index (χ4n) is 0.793. The zero-order chi connectivity index (χ0) is 8.81. The van der Waals surface area contributed by atoms with Gasteiger partial charge in [0.25, 0.3) is 0 Å². The second-order valence-corrected chi connectivity index (χ2v) is 3.92. The van der Waals surface area contributed by atoms with Crippen LogP contribution in [0.1, 0.15) is 13.3 Å². The van der Waals surface area contributed by atoms with Crippen LogP contribution >= 0.6 is 11.8 Å². The number of pyridine rings is 1. The Bertz CT molecular complexity index is 266. The number of nitrogens with zero attached hydrogens (tertiary/aromatic N) is 2. The summed E-state index contributed by atoms with van der Waals surface area (Å²) in [5.74, 6) is 0. The van der Waals surface area contributed by atoms with Crippen molar-refractivity contribution in [1.29, 1.82) is 5.26 Å². The Morgan fingerprint density at radius 3 is 3.08 bits per heavy atom. The zero-order valence-corrected chi connectivity index (χ0v) is 7.71.